The van der Waals surface area contributed by atoms with Crippen LogP contribution in [-0.4, -0.2) is 6.16 Å². The van der Waals surface area contributed by atoms with Gasteiger partial charge in [0.05, 0.1) is 0 Å². The number of hydrogen-bond acceptors (Lipinski definition) is 0. The summed E-state index contributed by atoms with van der Waals surface area (Å²) in [6.45, 7) is 5.85. The minimum absolute atomic E-state index is 0.692. The lowest BCUT2D eigenvalue weighted by Gasteiger charge is -1.98. The average Bonchev–Trinajstić information content (AvgIpc) is 1.68. The molecular weight excluding hydrogens is 103 g/mol. The normalized spacial score (nSPS) is 13.4. The van der Waals surface area contributed by atoms with E-state index in [1.54, 1.807) is 0 Å². The molecule has 0 saturated carbocycles. The predicted molar refractivity (Wildman–Crippen MR) is 38.6 cm³/mol. The molecule has 0 aromatic carbocycles. The molecule has 0 amide bonds. The zero-order chi connectivity index (χ0) is 5.70. The van der Waals surface area contributed by atoms with Gasteiger partial charge >= 0.3 is 0 Å². The van der Waals surface area contributed by atoms with Crippen molar-refractivity contribution in [3.8, 4) is 0 Å². The van der Waals surface area contributed by atoms with Crippen LogP contribution in [-0.2, 0) is 0 Å². The summed E-state index contributed by atoms with van der Waals surface area (Å²) < 4.78 is 0. The molecule has 0 rings (SSSR count). The van der Waals surface area contributed by atoms with Gasteiger partial charge in [-0.2, -0.15) is 0 Å². The molecule has 7 heavy (non-hydrogen) atoms. The minimum atomic E-state index is 0.692. The maximum Gasteiger partial charge on any atom is -0.0261 e. The summed E-state index contributed by atoms with van der Waals surface area (Å²) in [5, 5.41) is 0. The van der Waals surface area contributed by atoms with Crippen LogP contribution in [0.15, 0.2) is 12.7 Å². The SMILES string of the molecule is C=CC(C)CCP. The first kappa shape index (κ1) is 7.17. The fourth-order valence-electron chi connectivity index (χ4n) is 0.381. The highest BCUT2D eigenvalue weighted by Gasteiger charge is 1.89. The molecule has 0 radical (unpaired) electrons. The summed E-state index contributed by atoms with van der Waals surface area (Å²) in [5.74, 6) is 0.692. The molecule has 2 unspecified atom stereocenters. The van der Waals surface area contributed by atoms with Crippen LogP contribution in [0.1, 0.15) is 13.3 Å². The van der Waals surface area contributed by atoms with E-state index in [9.17, 15) is 0 Å². The summed E-state index contributed by atoms with van der Waals surface area (Å²) in [7, 11) is 2.70. The molecule has 0 aliphatic rings. The standard InChI is InChI=1S/C6H13P/c1-3-6(2)4-5-7/h3,6H,1,4-5,7H2,2H3. The summed E-state index contributed by atoms with van der Waals surface area (Å²) in [4.78, 5) is 0. The summed E-state index contributed by atoms with van der Waals surface area (Å²) in [5.41, 5.74) is 0. The van der Waals surface area contributed by atoms with E-state index in [2.05, 4.69) is 22.7 Å². The zero-order valence-electron chi connectivity index (χ0n) is 4.85. The Morgan fingerprint density at radius 3 is 2.57 bits per heavy atom. The molecule has 0 bridgehead atoms. The van der Waals surface area contributed by atoms with Gasteiger partial charge in [0.1, 0.15) is 0 Å². The van der Waals surface area contributed by atoms with Crippen molar-refractivity contribution < 1.29 is 0 Å². The average molecular weight is 116 g/mol. The van der Waals surface area contributed by atoms with Crippen molar-refractivity contribution in [2.45, 2.75) is 13.3 Å². The molecule has 0 aliphatic heterocycles. The maximum absolute atomic E-state index is 3.67. The van der Waals surface area contributed by atoms with E-state index < -0.39 is 0 Å². The van der Waals surface area contributed by atoms with Crippen LogP contribution in [0.5, 0.6) is 0 Å². The maximum atomic E-state index is 3.67. The van der Waals surface area contributed by atoms with E-state index in [1.807, 2.05) is 6.08 Å². The van der Waals surface area contributed by atoms with Crippen molar-refractivity contribution in [2.75, 3.05) is 6.16 Å². The Morgan fingerprint density at radius 2 is 2.43 bits per heavy atom. The van der Waals surface area contributed by atoms with E-state index in [0.717, 1.165) is 0 Å². The Balaban J connectivity index is 2.98. The second-order valence-electron chi connectivity index (χ2n) is 1.79. The lowest BCUT2D eigenvalue weighted by Crippen LogP contribution is -1.87. The van der Waals surface area contributed by atoms with Crippen molar-refractivity contribution in [3.63, 3.8) is 0 Å². The second-order valence-corrected chi connectivity index (χ2v) is 2.37. The molecule has 0 saturated heterocycles. The van der Waals surface area contributed by atoms with Crippen LogP contribution in [0, 0.1) is 5.92 Å². The highest BCUT2D eigenvalue weighted by molar-refractivity contribution is 7.16. The van der Waals surface area contributed by atoms with Gasteiger partial charge in [0.2, 0.25) is 0 Å². The highest BCUT2D eigenvalue weighted by atomic mass is 31.0. The molecule has 0 aromatic heterocycles. The third kappa shape index (κ3) is 4.01. The summed E-state index contributed by atoms with van der Waals surface area (Å²) in [6, 6.07) is 0. The topological polar surface area (TPSA) is 0 Å². The molecular formula is C6H13P. The van der Waals surface area contributed by atoms with Gasteiger partial charge in [-0.15, -0.1) is 15.8 Å². The first-order valence-corrected chi connectivity index (χ1v) is 3.45. The number of allylic oxidation sites excluding steroid dienone is 1. The van der Waals surface area contributed by atoms with E-state index >= 15 is 0 Å². The molecule has 0 aliphatic carbocycles. The van der Waals surface area contributed by atoms with Crippen LogP contribution in [0.2, 0.25) is 0 Å². The van der Waals surface area contributed by atoms with Gasteiger partial charge in [-0.3, -0.25) is 0 Å². The fourth-order valence-corrected chi connectivity index (χ4v) is 0.907. The number of hydrogen-bond donors (Lipinski definition) is 0. The van der Waals surface area contributed by atoms with Crippen molar-refractivity contribution in [2.24, 2.45) is 5.92 Å². The van der Waals surface area contributed by atoms with Gasteiger partial charge in [-0.05, 0) is 18.5 Å². The smallest absolute Gasteiger partial charge is 0.0261 e. The zero-order valence-corrected chi connectivity index (χ0v) is 6.01. The van der Waals surface area contributed by atoms with E-state index in [-0.39, 0.29) is 0 Å². The largest absolute Gasteiger partial charge is 0.138 e. The van der Waals surface area contributed by atoms with Crippen molar-refractivity contribution >= 4 is 9.24 Å². The Morgan fingerprint density at radius 1 is 1.86 bits per heavy atom. The quantitative estimate of drug-likeness (QED) is 0.391. The van der Waals surface area contributed by atoms with Gasteiger partial charge in [0.25, 0.3) is 0 Å². The van der Waals surface area contributed by atoms with Gasteiger partial charge in [-0.25, -0.2) is 0 Å². The fraction of sp³-hybridized carbons (Fsp3) is 0.667. The third-order valence-corrected chi connectivity index (χ3v) is 1.36. The van der Waals surface area contributed by atoms with Crippen LogP contribution < -0.4 is 0 Å². The first-order valence-electron chi connectivity index (χ1n) is 2.64. The van der Waals surface area contributed by atoms with Crippen LogP contribution in [0.4, 0.5) is 0 Å². The molecule has 0 fully saturated rings. The molecule has 1 heteroatoms. The lowest BCUT2D eigenvalue weighted by atomic mass is 10.1. The van der Waals surface area contributed by atoms with Crippen molar-refractivity contribution in [3.05, 3.63) is 12.7 Å². The molecule has 2 atom stereocenters. The predicted octanol–water partition coefficient (Wildman–Crippen LogP) is 2.07. The lowest BCUT2D eigenvalue weighted by molar-refractivity contribution is 0.707. The first-order chi connectivity index (χ1) is 3.31. The Bertz CT molecular complexity index is 50.1. The molecule has 0 spiro atoms. The van der Waals surface area contributed by atoms with E-state index in [0.29, 0.717) is 5.92 Å². The van der Waals surface area contributed by atoms with Crippen LogP contribution in [0.25, 0.3) is 0 Å². The van der Waals surface area contributed by atoms with Crippen molar-refractivity contribution in [1.29, 1.82) is 0 Å². The molecule has 42 valence electrons. The monoisotopic (exact) mass is 116 g/mol. The van der Waals surface area contributed by atoms with Gasteiger partial charge in [0.15, 0.2) is 0 Å². The van der Waals surface area contributed by atoms with Gasteiger partial charge in [-0.1, -0.05) is 13.0 Å². The highest BCUT2D eigenvalue weighted by Crippen LogP contribution is 2.03. The Hall–Kier alpha value is 0.170. The third-order valence-electron chi connectivity index (χ3n) is 1.02. The molecule has 0 heterocycles. The minimum Gasteiger partial charge on any atom is -0.138 e. The second kappa shape index (κ2) is 4.33. The Labute approximate surface area is 48.2 Å². The van der Waals surface area contributed by atoms with Gasteiger partial charge in [0, 0.05) is 0 Å². The molecule has 0 aromatic rings. The van der Waals surface area contributed by atoms with E-state index in [4.69, 9.17) is 0 Å². The van der Waals surface area contributed by atoms with Crippen LogP contribution >= 0.6 is 9.24 Å². The van der Waals surface area contributed by atoms with Crippen LogP contribution in [0.3, 0.4) is 0 Å². The molecule has 0 N–H and O–H groups in total. The summed E-state index contributed by atoms with van der Waals surface area (Å²) in [6.07, 6.45) is 4.42. The van der Waals surface area contributed by atoms with Crippen molar-refractivity contribution in [1.82, 2.24) is 0 Å². The van der Waals surface area contributed by atoms with E-state index in [1.165, 1.54) is 12.6 Å². The van der Waals surface area contributed by atoms with Gasteiger partial charge < -0.3 is 0 Å². The molecule has 0 nitrogen and oxygen atoms in total. The Kier molecular flexibility index (Phi) is 4.44. The number of rotatable bonds is 3. The summed E-state index contributed by atoms with van der Waals surface area (Å²) >= 11 is 0.